The lowest BCUT2D eigenvalue weighted by molar-refractivity contribution is 0.223. The molecule has 0 saturated heterocycles. The SMILES string of the molecule is CCO/C(=C/Cl)C1=C[C@H]2CC[C@]1(C)C2. The van der Waals surface area contributed by atoms with Crippen molar-refractivity contribution in [3.8, 4) is 0 Å². The predicted octanol–water partition coefficient (Wildman–Crippen LogP) is 3.85. The van der Waals surface area contributed by atoms with Crippen LogP contribution in [-0.4, -0.2) is 6.61 Å². The fraction of sp³-hybridized carbons (Fsp3) is 0.667. The van der Waals surface area contributed by atoms with Gasteiger partial charge < -0.3 is 4.74 Å². The van der Waals surface area contributed by atoms with E-state index < -0.39 is 0 Å². The van der Waals surface area contributed by atoms with Crippen LogP contribution in [0.5, 0.6) is 0 Å². The molecule has 0 unspecified atom stereocenters. The lowest BCUT2D eigenvalue weighted by atomic mass is 9.82. The molecular formula is C12H17ClO. The highest BCUT2D eigenvalue weighted by Gasteiger charge is 2.44. The second-order valence-electron chi connectivity index (χ2n) is 4.55. The van der Waals surface area contributed by atoms with Crippen LogP contribution in [-0.2, 0) is 4.74 Å². The largest absolute Gasteiger partial charge is 0.493 e. The Morgan fingerprint density at radius 3 is 3.00 bits per heavy atom. The van der Waals surface area contributed by atoms with Crippen molar-refractivity contribution in [3.63, 3.8) is 0 Å². The quantitative estimate of drug-likeness (QED) is 0.646. The Hall–Kier alpha value is -0.430. The van der Waals surface area contributed by atoms with E-state index in [4.69, 9.17) is 16.3 Å². The molecule has 1 saturated carbocycles. The maximum absolute atomic E-state index is 5.80. The first kappa shape index (κ1) is 10.1. The van der Waals surface area contributed by atoms with Crippen LogP contribution in [0, 0.1) is 11.3 Å². The fourth-order valence-corrected chi connectivity index (χ4v) is 2.99. The van der Waals surface area contributed by atoms with Crippen LogP contribution in [0.1, 0.15) is 33.1 Å². The van der Waals surface area contributed by atoms with Gasteiger partial charge in [-0.05, 0) is 43.1 Å². The van der Waals surface area contributed by atoms with Crippen molar-refractivity contribution in [2.24, 2.45) is 11.3 Å². The molecule has 14 heavy (non-hydrogen) atoms. The minimum Gasteiger partial charge on any atom is -0.493 e. The Balaban J connectivity index is 2.23. The normalized spacial score (nSPS) is 36.1. The molecule has 0 radical (unpaired) electrons. The monoisotopic (exact) mass is 212 g/mol. The van der Waals surface area contributed by atoms with Crippen molar-refractivity contribution in [2.75, 3.05) is 6.61 Å². The van der Waals surface area contributed by atoms with Crippen molar-refractivity contribution in [1.29, 1.82) is 0 Å². The van der Waals surface area contributed by atoms with Crippen LogP contribution >= 0.6 is 11.6 Å². The fourth-order valence-electron chi connectivity index (χ4n) is 2.81. The Morgan fingerprint density at radius 2 is 2.57 bits per heavy atom. The summed E-state index contributed by atoms with van der Waals surface area (Å²) in [6, 6.07) is 0. The summed E-state index contributed by atoms with van der Waals surface area (Å²) in [5.41, 5.74) is 3.26. The summed E-state index contributed by atoms with van der Waals surface area (Å²) < 4.78 is 5.55. The minimum absolute atomic E-state index is 0.334. The molecule has 0 aromatic heterocycles. The number of fused-ring (bicyclic) bond motifs is 2. The van der Waals surface area contributed by atoms with Crippen LogP contribution in [0.2, 0.25) is 0 Å². The third-order valence-corrected chi connectivity index (χ3v) is 3.69. The first-order valence-corrected chi connectivity index (χ1v) is 5.79. The second-order valence-corrected chi connectivity index (χ2v) is 4.77. The van der Waals surface area contributed by atoms with Gasteiger partial charge in [0, 0.05) is 5.54 Å². The first-order chi connectivity index (χ1) is 6.69. The number of rotatable bonds is 3. The molecule has 0 aromatic rings. The second kappa shape index (κ2) is 3.62. The highest BCUT2D eigenvalue weighted by Crippen LogP contribution is 2.55. The van der Waals surface area contributed by atoms with E-state index in [9.17, 15) is 0 Å². The van der Waals surface area contributed by atoms with Gasteiger partial charge in [0.15, 0.2) is 0 Å². The van der Waals surface area contributed by atoms with Gasteiger partial charge in [0.1, 0.15) is 5.76 Å². The number of hydrogen-bond acceptors (Lipinski definition) is 1. The van der Waals surface area contributed by atoms with Crippen molar-refractivity contribution in [2.45, 2.75) is 33.1 Å². The Morgan fingerprint density at radius 1 is 1.79 bits per heavy atom. The highest BCUT2D eigenvalue weighted by molar-refractivity contribution is 6.25. The smallest absolute Gasteiger partial charge is 0.133 e. The van der Waals surface area contributed by atoms with Gasteiger partial charge in [-0.3, -0.25) is 0 Å². The zero-order chi connectivity index (χ0) is 10.2. The lowest BCUT2D eigenvalue weighted by Crippen LogP contribution is -2.15. The summed E-state index contributed by atoms with van der Waals surface area (Å²) in [7, 11) is 0. The molecule has 0 aromatic carbocycles. The maximum atomic E-state index is 5.80. The van der Waals surface area contributed by atoms with E-state index >= 15 is 0 Å². The summed E-state index contributed by atoms with van der Waals surface area (Å²) in [6.45, 7) is 5.01. The van der Waals surface area contributed by atoms with E-state index in [-0.39, 0.29) is 0 Å². The number of allylic oxidation sites excluding steroid dienone is 2. The van der Waals surface area contributed by atoms with E-state index in [1.807, 2.05) is 6.92 Å². The zero-order valence-electron chi connectivity index (χ0n) is 8.85. The van der Waals surface area contributed by atoms with E-state index in [0.717, 1.165) is 11.7 Å². The van der Waals surface area contributed by atoms with E-state index in [0.29, 0.717) is 12.0 Å². The molecule has 2 bridgehead atoms. The number of ether oxygens (including phenoxy) is 1. The molecule has 0 heterocycles. The molecule has 2 atom stereocenters. The van der Waals surface area contributed by atoms with Crippen molar-refractivity contribution in [1.82, 2.24) is 0 Å². The molecule has 0 amide bonds. The molecule has 2 rings (SSSR count). The van der Waals surface area contributed by atoms with Gasteiger partial charge in [-0.15, -0.1) is 0 Å². The van der Waals surface area contributed by atoms with Crippen LogP contribution in [0.15, 0.2) is 22.9 Å². The Kier molecular flexibility index (Phi) is 2.61. The average Bonchev–Trinajstić information content (AvgIpc) is 2.69. The summed E-state index contributed by atoms with van der Waals surface area (Å²) in [6.07, 6.45) is 6.25. The summed E-state index contributed by atoms with van der Waals surface area (Å²) in [4.78, 5) is 0. The molecule has 2 aliphatic rings. The number of halogens is 1. The zero-order valence-corrected chi connectivity index (χ0v) is 9.60. The Labute approximate surface area is 90.8 Å². The van der Waals surface area contributed by atoms with Gasteiger partial charge in [0.05, 0.1) is 6.61 Å². The minimum atomic E-state index is 0.334. The highest BCUT2D eigenvalue weighted by atomic mass is 35.5. The van der Waals surface area contributed by atoms with Crippen LogP contribution in [0.3, 0.4) is 0 Å². The average molecular weight is 213 g/mol. The van der Waals surface area contributed by atoms with Gasteiger partial charge in [0.25, 0.3) is 0 Å². The van der Waals surface area contributed by atoms with Gasteiger partial charge in [-0.2, -0.15) is 0 Å². The molecule has 1 fully saturated rings. The Bertz CT molecular complexity index is 293. The maximum Gasteiger partial charge on any atom is 0.133 e. The topological polar surface area (TPSA) is 9.23 Å². The summed E-state index contributed by atoms with van der Waals surface area (Å²) in [5.74, 6) is 1.65. The number of hydrogen-bond donors (Lipinski definition) is 0. The molecule has 78 valence electrons. The first-order valence-electron chi connectivity index (χ1n) is 5.35. The van der Waals surface area contributed by atoms with Crippen molar-refractivity contribution >= 4 is 11.6 Å². The van der Waals surface area contributed by atoms with Crippen LogP contribution < -0.4 is 0 Å². The van der Waals surface area contributed by atoms with Gasteiger partial charge >= 0.3 is 0 Å². The third-order valence-electron chi connectivity index (χ3n) is 3.50. The molecule has 0 spiro atoms. The molecule has 0 aliphatic heterocycles. The van der Waals surface area contributed by atoms with E-state index in [1.165, 1.54) is 24.8 Å². The van der Waals surface area contributed by atoms with Crippen LogP contribution in [0.25, 0.3) is 0 Å². The molecule has 1 nitrogen and oxygen atoms in total. The van der Waals surface area contributed by atoms with Gasteiger partial charge in [-0.25, -0.2) is 0 Å². The molecule has 2 aliphatic carbocycles. The summed E-state index contributed by atoms with van der Waals surface area (Å²) in [5, 5.41) is 0. The molecule has 0 N–H and O–H groups in total. The molecule has 2 heteroatoms. The van der Waals surface area contributed by atoms with Gasteiger partial charge in [0.2, 0.25) is 0 Å². The van der Waals surface area contributed by atoms with Crippen molar-refractivity contribution < 1.29 is 4.74 Å². The summed E-state index contributed by atoms with van der Waals surface area (Å²) >= 11 is 5.80. The standard InChI is InChI=1S/C12H17ClO/c1-3-14-11(8-13)10-6-9-4-5-12(10,2)7-9/h6,8-9H,3-5,7H2,1-2H3/b11-8+/t9-,12-/m1/s1. The van der Waals surface area contributed by atoms with Crippen molar-refractivity contribution in [3.05, 3.63) is 22.9 Å². The van der Waals surface area contributed by atoms with Crippen LogP contribution in [0.4, 0.5) is 0 Å². The lowest BCUT2D eigenvalue weighted by Gasteiger charge is -2.26. The molecular weight excluding hydrogens is 196 g/mol. The van der Waals surface area contributed by atoms with E-state index in [1.54, 1.807) is 5.54 Å². The predicted molar refractivity (Wildman–Crippen MR) is 59.1 cm³/mol. The van der Waals surface area contributed by atoms with E-state index in [2.05, 4.69) is 13.0 Å². The van der Waals surface area contributed by atoms with Gasteiger partial charge in [-0.1, -0.05) is 24.6 Å². The third kappa shape index (κ3) is 1.48.